The molecule has 0 spiro atoms. The molecule has 1 amide bonds. The van der Waals surface area contributed by atoms with E-state index in [4.69, 9.17) is 14.2 Å². The molecule has 1 fully saturated rings. The number of nitrogens with zero attached hydrogens (tertiary/aromatic N) is 3. The van der Waals surface area contributed by atoms with Crippen LogP contribution in [-0.4, -0.2) is 46.7 Å². The van der Waals surface area contributed by atoms with Gasteiger partial charge in [-0.1, -0.05) is 18.2 Å². The zero-order valence-corrected chi connectivity index (χ0v) is 23.0. The summed E-state index contributed by atoms with van der Waals surface area (Å²) in [5.74, 6) is -0.307. The normalized spacial score (nSPS) is 14.7. The lowest BCUT2D eigenvalue weighted by molar-refractivity contribution is 0.0944. The molecule has 42 heavy (non-hydrogen) atoms. The Morgan fingerprint density at radius 2 is 1.95 bits per heavy atom. The summed E-state index contributed by atoms with van der Waals surface area (Å²) >= 11 is 0. The van der Waals surface area contributed by atoms with E-state index < -0.39 is 17.3 Å². The molecule has 0 aliphatic carbocycles. The number of benzene rings is 3. The lowest BCUT2D eigenvalue weighted by Gasteiger charge is -2.16. The SMILES string of the molecule is COc1ccc2c(Oc3ccc(NC(=O)c4c(C)n(CC5CNCO5)n(-c5ccccc5)c4=O)cc3F)ccnc2c1. The molecule has 1 unspecified atom stereocenters. The van der Waals surface area contributed by atoms with Gasteiger partial charge in [0.1, 0.15) is 17.1 Å². The molecule has 1 aliphatic rings. The lowest BCUT2D eigenvalue weighted by Crippen LogP contribution is -2.29. The second kappa shape index (κ2) is 11.5. The highest BCUT2D eigenvalue weighted by Crippen LogP contribution is 2.33. The van der Waals surface area contributed by atoms with Crippen LogP contribution in [0, 0.1) is 12.7 Å². The van der Waals surface area contributed by atoms with Crippen molar-refractivity contribution in [3.8, 4) is 22.9 Å². The molecule has 10 nitrogen and oxygen atoms in total. The van der Waals surface area contributed by atoms with Crippen LogP contribution in [0.4, 0.5) is 10.1 Å². The fourth-order valence-electron chi connectivity index (χ4n) is 5.01. The topological polar surface area (TPSA) is 109 Å². The molecule has 1 atom stereocenters. The predicted octanol–water partition coefficient (Wildman–Crippen LogP) is 4.63. The minimum atomic E-state index is -0.687. The Morgan fingerprint density at radius 1 is 1.12 bits per heavy atom. The number of hydrogen-bond acceptors (Lipinski definition) is 7. The molecule has 1 aliphatic heterocycles. The first-order chi connectivity index (χ1) is 20.4. The van der Waals surface area contributed by atoms with Gasteiger partial charge in [-0.15, -0.1) is 0 Å². The molecule has 3 aromatic carbocycles. The van der Waals surface area contributed by atoms with E-state index in [1.165, 1.54) is 16.8 Å². The second-order valence-corrected chi connectivity index (χ2v) is 9.78. The largest absolute Gasteiger partial charge is 0.497 e. The van der Waals surface area contributed by atoms with Crippen molar-refractivity contribution < 1.29 is 23.4 Å². The summed E-state index contributed by atoms with van der Waals surface area (Å²) in [6, 6.07) is 20.1. The Balaban J connectivity index is 1.27. The van der Waals surface area contributed by atoms with E-state index in [-0.39, 0.29) is 23.1 Å². The molecular formula is C31H28FN5O5. The van der Waals surface area contributed by atoms with Crippen LogP contribution in [0.15, 0.2) is 83.8 Å². The summed E-state index contributed by atoms with van der Waals surface area (Å²) in [5, 5.41) is 6.49. The van der Waals surface area contributed by atoms with Gasteiger partial charge in [0.05, 0.1) is 43.4 Å². The third-order valence-corrected chi connectivity index (χ3v) is 7.11. The van der Waals surface area contributed by atoms with Crippen LogP contribution >= 0.6 is 0 Å². The first-order valence-electron chi connectivity index (χ1n) is 13.3. The fourth-order valence-corrected chi connectivity index (χ4v) is 5.01. The molecule has 1 saturated heterocycles. The second-order valence-electron chi connectivity index (χ2n) is 9.78. The van der Waals surface area contributed by atoms with E-state index in [0.29, 0.717) is 53.6 Å². The molecular weight excluding hydrogens is 541 g/mol. The van der Waals surface area contributed by atoms with Crippen molar-refractivity contribution in [2.75, 3.05) is 25.7 Å². The van der Waals surface area contributed by atoms with Gasteiger partial charge in [0, 0.05) is 35.9 Å². The first kappa shape index (κ1) is 27.2. The van der Waals surface area contributed by atoms with Crippen molar-refractivity contribution in [1.82, 2.24) is 19.7 Å². The zero-order valence-electron chi connectivity index (χ0n) is 23.0. The van der Waals surface area contributed by atoms with Crippen LogP contribution < -0.4 is 25.7 Å². The number of carbonyl (C=O) groups excluding carboxylic acids is 1. The van der Waals surface area contributed by atoms with E-state index in [1.54, 1.807) is 61.3 Å². The highest BCUT2D eigenvalue weighted by molar-refractivity contribution is 6.05. The van der Waals surface area contributed by atoms with Crippen molar-refractivity contribution in [2.24, 2.45) is 0 Å². The van der Waals surface area contributed by atoms with E-state index in [0.717, 1.165) is 6.07 Å². The van der Waals surface area contributed by atoms with Gasteiger partial charge in [0.25, 0.3) is 11.5 Å². The highest BCUT2D eigenvalue weighted by atomic mass is 19.1. The molecule has 2 N–H and O–H groups in total. The highest BCUT2D eigenvalue weighted by Gasteiger charge is 2.27. The molecule has 3 heterocycles. The molecule has 11 heteroatoms. The molecule has 214 valence electrons. The lowest BCUT2D eigenvalue weighted by atomic mass is 10.2. The summed E-state index contributed by atoms with van der Waals surface area (Å²) in [4.78, 5) is 31.3. The van der Waals surface area contributed by atoms with Gasteiger partial charge < -0.3 is 19.5 Å². The van der Waals surface area contributed by atoms with Gasteiger partial charge in [-0.3, -0.25) is 24.6 Å². The zero-order chi connectivity index (χ0) is 29.2. The van der Waals surface area contributed by atoms with Crippen LogP contribution in [-0.2, 0) is 11.3 Å². The van der Waals surface area contributed by atoms with Crippen molar-refractivity contribution in [2.45, 2.75) is 19.6 Å². The molecule has 2 aromatic heterocycles. The van der Waals surface area contributed by atoms with Crippen LogP contribution in [0.25, 0.3) is 16.6 Å². The maximum atomic E-state index is 15.2. The van der Waals surface area contributed by atoms with Crippen LogP contribution in [0.3, 0.4) is 0 Å². The Hall–Kier alpha value is -5.00. The average molecular weight is 570 g/mol. The number of methoxy groups -OCH3 is 1. The van der Waals surface area contributed by atoms with Gasteiger partial charge in [0.2, 0.25) is 0 Å². The number of ether oxygens (including phenoxy) is 3. The number of halogens is 1. The number of fused-ring (bicyclic) bond motifs is 1. The Kier molecular flexibility index (Phi) is 7.43. The Labute approximate surface area is 240 Å². The number of amides is 1. The number of carbonyl (C=O) groups is 1. The average Bonchev–Trinajstić information content (AvgIpc) is 3.60. The maximum absolute atomic E-state index is 15.2. The van der Waals surface area contributed by atoms with Gasteiger partial charge >= 0.3 is 0 Å². The summed E-state index contributed by atoms with van der Waals surface area (Å²) in [6.45, 7) is 3.13. The van der Waals surface area contributed by atoms with Crippen LogP contribution in [0.2, 0.25) is 0 Å². The molecule has 0 bridgehead atoms. The summed E-state index contributed by atoms with van der Waals surface area (Å²) in [7, 11) is 1.57. The summed E-state index contributed by atoms with van der Waals surface area (Å²) < 4.78 is 35.2. The molecule has 5 aromatic rings. The molecule has 0 radical (unpaired) electrons. The first-order valence-corrected chi connectivity index (χ1v) is 13.3. The van der Waals surface area contributed by atoms with E-state index in [2.05, 4.69) is 15.6 Å². The van der Waals surface area contributed by atoms with Crippen LogP contribution in [0.1, 0.15) is 16.1 Å². The Morgan fingerprint density at radius 3 is 2.69 bits per heavy atom. The minimum Gasteiger partial charge on any atom is -0.497 e. The van der Waals surface area contributed by atoms with Crippen molar-refractivity contribution in [3.63, 3.8) is 0 Å². The minimum absolute atomic E-state index is 0.0322. The van der Waals surface area contributed by atoms with Crippen LogP contribution in [0.5, 0.6) is 17.2 Å². The van der Waals surface area contributed by atoms with Crippen molar-refractivity contribution >= 4 is 22.5 Å². The van der Waals surface area contributed by atoms with Gasteiger partial charge in [-0.05, 0) is 49.4 Å². The Bertz CT molecular complexity index is 1830. The van der Waals surface area contributed by atoms with Crippen molar-refractivity contribution in [1.29, 1.82) is 0 Å². The number of pyridine rings is 1. The number of hydrogen-bond donors (Lipinski definition) is 2. The number of para-hydroxylation sites is 1. The number of rotatable bonds is 8. The third kappa shape index (κ3) is 5.22. The monoisotopic (exact) mass is 569 g/mol. The quantitative estimate of drug-likeness (QED) is 0.280. The third-order valence-electron chi connectivity index (χ3n) is 7.11. The van der Waals surface area contributed by atoms with Gasteiger partial charge in [-0.2, -0.15) is 0 Å². The molecule has 0 saturated carbocycles. The standard InChI is InChI=1S/C31H28FN5O5/c1-19-29(31(39)37(21-6-4-3-5-7-21)36(19)17-23-16-33-18-41-23)30(38)35-20-8-11-28(25(32)14-20)42-27-12-13-34-26-15-22(40-2)9-10-24(26)27/h3-15,23,33H,16-18H2,1-2H3,(H,35,38). The van der Waals surface area contributed by atoms with E-state index >= 15 is 4.39 Å². The number of nitrogens with one attached hydrogen (secondary N) is 2. The smallest absolute Gasteiger partial charge is 0.284 e. The number of aromatic nitrogens is 3. The van der Waals surface area contributed by atoms with Gasteiger partial charge in [0.15, 0.2) is 11.6 Å². The maximum Gasteiger partial charge on any atom is 0.284 e. The van der Waals surface area contributed by atoms with E-state index in [9.17, 15) is 9.59 Å². The number of anilines is 1. The van der Waals surface area contributed by atoms with Gasteiger partial charge in [-0.25, -0.2) is 9.07 Å². The summed E-state index contributed by atoms with van der Waals surface area (Å²) in [6.07, 6.45) is 1.40. The summed E-state index contributed by atoms with van der Waals surface area (Å²) in [5.41, 5.74) is 1.38. The fraction of sp³-hybridized carbons (Fsp3) is 0.194. The van der Waals surface area contributed by atoms with E-state index in [1.807, 2.05) is 18.2 Å². The molecule has 6 rings (SSSR count). The van der Waals surface area contributed by atoms with Crippen molar-refractivity contribution in [3.05, 3.63) is 106 Å². The predicted molar refractivity (Wildman–Crippen MR) is 155 cm³/mol.